The standard InChI is InChI=1S/C25H29NO4S/c1-5-29-24(25(27)28)16-19-7-11-21(12-8-19)30-18(3)26-17(2)6-15-23(26)20-9-13-22(31-4)14-10-20/h6-15,18,24H,5,16H2,1-4H3,(H,27,28). The molecule has 0 aliphatic carbocycles. The second-order valence-corrected chi connectivity index (χ2v) is 8.19. The summed E-state index contributed by atoms with van der Waals surface area (Å²) in [5, 5.41) is 9.27. The van der Waals surface area contributed by atoms with Gasteiger partial charge in [0.15, 0.2) is 12.3 Å². The van der Waals surface area contributed by atoms with Crippen molar-refractivity contribution in [1.82, 2.24) is 4.57 Å². The summed E-state index contributed by atoms with van der Waals surface area (Å²) < 4.78 is 13.7. The van der Waals surface area contributed by atoms with Crippen LogP contribution in [-0.4, -0.2) is 34.6 Å². The minimum Gasteiger partial charge on any atom is -0.479 e. The Balaban J connectivity index is 1.74. The lowest BCUT2D eigenvalue weighted by Crippen LogP contribution is -2.26. The van der Waals surface area contributed by atoms with Crippen molar-refractivity contribution in [3.63, 3.8) is 0 Å². The molecule has 3 aromatic rings. The molecule has 1 aromatic heterocycles. The molecule has 0 amide bonds. The number of hydrogen-bond acceptors (Lipinski definition) is 4. The van der Waals surface area contributed by atoms with Crippen molar-refractivity contribution in [1.29, 1.82) is 0 Å². The average molecular weight is 440 g/mol. The number of aliphatic carboxylic acids is 1. The molecular formula is C25H29NO4S. The summed E-state index contributed by atoms with van der Waals surface area (Å²) in [4.78, 5) is 12.5. The van der Waals surface area contributed by atoms with Crippen LogP contribution < -0.4 is 4.74 Å². The van der Waals surface area contributed by atoms with Crippen LogP contribution in [0.4, 0.5) is 0 Å². The molecule has 0 aliphatic heterocycles. The molecule has 6 heteroatoms. The molecule has 3 rings (SSSR count). The van der Waals surface area contributed by atoms with Crippen LogP contribution in [0, 0.1) is 6.92 Å². The smallest absolute Gasteiger partial charge is 0.333 e. The highest BCUT2D eigenvalue weighted by Gasteiger charge is 2.18. The minimum atomic E-state index is -0.947. The van der Waals surface area contributed by atoms with Gasteiger partial charge in [0, 0.05) is 23.6 Å². The fourth-order valence-corrected chi connectivity index (χ4v) is 4.02. The zero-order chi connectivity index (χ0) is 22.4. The summed E-state index contributed by atoms with van der Waals surface area (Å²) >= 11 is 1.73. The fraction of sp³-hybridized carbons (Fsp3) is 0.320. The predicted molar refractivity (Wildman–Crippen MR) is 125 cm³/mol. The van der Waals surface area contributed by atoms with E-state index in [0.29, 0.717) is 13.0 Å². The Hall–Kier alpha value is -2.70. The van der Waals surface area contributed by atoms with Crippen molar-refractivity contribution in [2.24, 2.45) is 0 Å². The number of aromatic nitrogens is 1. The van der Waals surface area contributed by atoms with Crippen LogP contribution in [0.25, 0.3) is 11.3 Å². The molecule has 0 aliphatic rings. The molecule has 0 fully saturated rings. The second kappa shape index (κ2) is 10.6. The maximum Gasteiger partial charge on any atom is 0.333 e. The largest absolute Gasteiger partial charge is 0.479 e. The van der Waals surface area contributed by atoms with Gasteiger partial charge in [0.1, 0.15) is 5.75 Å². The van der Waals surface area contributed by atoms with Crippen LogP contribution in [0.5, 0.6) is 5.75 Å². The van der Waals surface area contributed by atoms with Crippen LogP contribution in [0.15, 0.2) is 65.6 Å². The first kappa shape index (κ1) is 23.0. The highest BCUT2D eigenvalue weighted by atomic mass is 32.2. The molecular weight excluding hydrogens is 410 g/mol. The average Bonchev–Trinajstić information content (AvgIpc) is 3.16. The van der Waals surface area contributed by atoms with Crippen LogP contribution in [0.1, 0.15) is 31.3 Å². The van der Waals surface area contributed by atoms with Crippen molar-refractivity contribution >= 4 is 17.7 Å². The van der Waals surface area contributed by atoms with Gasteiger partial charge in [-0.2, -0.15) is 0 Å². The molecule has 1 heterocycles. The number of hydrogen-bond donors (Lipinski definition) is 1. The molecule has 0 spiro atoms. The Bertz CT molecular complexity index is 995. The number of carboxylic acid groups (broad SMARTS) is 1. The zero-order valence-electron chi connectivity index (χ0n) is 18.4. The van der Waals surface area contributed by atoms with E-state index in [9.17, 15) is 9.90 Å². The topological polar surface area (TPSA) is 60.7 Å². The number of carbonyl (C=O) groups is 1. The number of thioether (sulfide) groups is 1. The number of aryl methyl sites for hydroxylation is 1. The lowest BCUT2D eigenvalue weighted by molar-refractivity contribution is -0.149. The summed E-state index contributed by atoms with van der Waals surface area (Å²) in [5.74, 6) is -0.215. The van der Waals surface area contributed by atoms with Gasteiger partial charge in [-0.3, -0.25) is 0 Å². The van der Waals surface area contributed by atoms with E-state index in [-0.39, 0.29) is 6.23 Å². The van der Waals surface area contributed by atoms with Crippen LogP contribution in [0.2, 0.25) is 0 Å². The fourth-order valence-electron chi connectivity index (χ4n) is 3.62. The number of nitrogens with zero attached hydrogens (tertiary/aromatic N) is 1. The van der Waals surface area contributed by atoms with Crippen LogP contribution >= 0.6 is 11.8 Å². The number of benzene rings is 2. The van der Waals surface area contributed by atoms with Gasteiger partial charge in [0.2, 0.25) is 0 Å². The van der Waals surface area contributed by atoms with E-state index in [0.717, 1.165) is 28.3 Å². The Morgan fingerprint density at radius 3 is 2.32 bits per heavy atom. The van der Waals surface area contributed by atoms with Gasteiger partial charge in [0.25, 0.3) is 0 Å². The normalized spacial score (nSPS) is 13.0. The quantitative estimate of drug-likeness (QED) is 0.404. The number of ether oxygens (including phenoxy) is 2. The van der Waals surface area contributed by atoms with Gasteiger partial charge in [-0.15, -0.1) is 11.8 Å². The third-order valence-corrected chi connectivity index (χ3v) is 5.91. The second-order valence-electron chi connectivity index (χ2n) is 7.31. The lowest BCUT2D eigenvalue weighted by Gasteiger charge is -2.22. The van der Waals surface area contributed by atoms with Crippen molar-refractivity contribution in [3.05, 3.63) is 71.9 Å². The summed E-state index contributed by atoms with van der Waals surface area (Å²) in [7, 11) is 0. The molecule has 0 radical (unpaired) electrons. The van der Waals surface area contributed by atoms with E-state index in [2.05, 4.69) is 54.1 Å². The molecule has 2 aromatic carbocycles. The van der Waals surface area contributed by atoms with Crippen LogP contribution in [-0.2, 0) is 16.0 Å². The molecule has 2 unspecified atom stereocenters. The Kier molecular flexibility index (Phi) is 7.82. The third kappa shape index (κ3) is 5.71. The van der Waals surface area contributed by atoms with E-state index in [4.69, 9.17) is 9.47 Å². The van der Waals surface area contributed by atoms with E-state index < -0.39 is 12.1 Å². The minimum absolute atomic E-state index is 0.203. The third-order valence-electron chi connectivity index (χ3n) is 5.17. The molecule has 0 saturated carbocycles. The lowest BCUT2D eigenvalue weighted by atomic mass is 10.1. The number of rotatable bonds is 10. The van der Waals surface area contributed by atoms with Gasteiger partial charge < -0.3 is 19.1 Å². The Morgan fingerprint density at radius 2 is 1.74 bits per heavy atom. The van der Waals surface area contributed by atoms with E-state index in [1.165, 1.54) is 4.90 Å². The highest BCUT2D eigenvalue weighted by molar-refractivity contribution is 7.98. The SMILES string of the molecule is CCOC(Cc1ccc(OC(C)n2c(C)ccc2-c2ccc(SC)cc2)cc1)C(=O)O. The zero-order valence-corrected chi connectivity index (χ0v) is 19.2. The summed E-state index contributed by atoms with van der Waals surface area (Å²) in [6, 6.07) is 20.3. The van der Waals surface area contributed by atoms with Crippen molar-refractivity contribution in [2.75, 3.05) is 12.9 Å². The van der Waals surface area contributed by atoms with Gasteiger partial charge in [-0.05, 0) is 74.6 Å². The molecule has 0 saturated heterocycles. The van der Waals surface area contributed by atoms with Gasteiger partial charge >= 0.3 is 5.97 Å². The molecule has 31 heavy (non-hydrogen) atoms. The first-order chi connectivity index (χ1) is 14.9. The van der Waals surface area contributed by atoms with Crippen molar-refractivity contribution in [3.8, 4) is 17.0 Å². The van der Waals surface area contributed by atoms with E-state index in [1.54, 1.807) is 18.7 Å². The number of carboxylic acids is 1. The van der Waals surface area contributed by atoms with Gasteiger partial charge in [0.05, 0.1) is 5.69 Å². The van der Waals surface area contributed by atoms with Crippen molar-refractivity contribution in [2.45, 2.75) is 44.4 Å². The van der Waals surface area contributed by atoms with Crippen LogP contribution in [0.3, 0.4) is 0 Å². The molecule has 2 atom stereocenters. The Labute approximate surface area is 188 Å². The summed E-state index contributed by atoms with van der Waals surface area (Å²) in [5.41, 5.74) is 4.27. The first-order valence-electron chi connectivity index (χ1n) is 10.3. The van der Waals surface area contributed by atoms with E-state index >= 15 is 0 Å². The monoisotopic (exact) mass is 439 g/mol. The van der Waals surface area contributed by atoms with E-state index in [1.807, 2.05) is 31.2 Å². The maximum absolute atomic E-state index is 11.3. The first-order valence-corrected chi connectivity index (χ1v) is 11.6. The van der Waals surface area contributed by atoms with Crippen molar-refractivity contribution < 1.29 is 19.4 Å². The summed E-state index contributed by atoms with van der Waals surface area (Å²) in [6.07, 6.45) is 1.36. The van der Waals surface area contributed by atoms with Gasteiger partial charge in [-0.25, -0.2) is 4.79 Å². The Morgan fingerprint density at radius 1 is 1.06 bits per heavy atom. The molecule has 0 bridgehead atoms. The molecule has 5 nitrogen and oxygen atoms in total. The van der Waals surface area contributed by atoms with Gasteiger partial charge in [-0.1, -0.05) is 24.3 Å². The molecule has 1 N–H and O–H groups in total. The maximum atomic E-state index is 11.3. The molecule has 164 valence electrons. The predicted octanol–water partition coefficient (Wildman–Crippen LogP) is 5.82. The summed E-state index contributed by atoms with van der Waals surface area (Å²) in [6.45, 7) is 6.26. The highest BCUT2D eigenvalue weighted by Crippen LogP contribution is 2.29.